The van der Waals surface area contributed by atoms with Gasteiger partial charge in [0.05, 0.1) is 12.2 Å². The molecule has 2 saturated carbocycles. The SMILES string of the molecule is C=CCC1(OC2(CC=C)CCC3OC32)CCC2OC21. The third-order valence-electron chi connectivity index (χ3n) is 5.29. The molecule has 6 unspecified atom stereocenters. The summed E-state index contributed by atoms with van der Waals surface area (Å²) in [5, 5.41) is 0. The average Bonchev–Trinajstić information content (AvgIpc) is 3.29. The van der Waals surface area contributed by atoms with Gasteiger partial charge in [0.2, 0.25) is 0 Å². The van der Waals surface area contributed by atoms with Gasteiger partial charge in [0.15, 0.2) is 0 Å². The third-order valence-corrected chi connectivity index (χ3v) is 5.29. The summed E-state index contributed by atoms with van der Waals surface area (Å²) in [6.45, 7) is 7.82. The summed E-state index contributed by atoms with van der Waals surface area (Å²) < 4.78 is 18.3. The molecule has 4 fully saturated rings. The maximum atomic E-state index is 6.74. The summed E-state index contributed by atoms with van der Waals surface area (Å²) in [5.74, 6) is 0. The van der Waals surface area contributed by atoms with Gasteiger partial charge in [0, 0.05) is 0 Å². The van der Waals surface area contributed by atoms with Crippen molar-refractivity contribution in [3.63, 3.8) is 0 Å². The molecule has 19 heavy (non-hydrogen) atoms. The van der Waals surface area contributed by atoms with Gasteiger partial charge in [-0.25, -0.2) is 0 Å². The molecule has 3 nitrogen and oxygen atoms in total. The number of ether oxygens (including phenoxy) is 3. The van der Waals surface area contributed by atoms with Crippen LogP contribution in [0.4, 0.5) is 0 Å². The van der Waals surface area contributed by atoms with Crippen molar-refractivity contribution in [1.29, 1.82) is 0 Å². The van der Waals surface area contributed by atoms with Gasteiger partial charge in [0.25, 0.3) is 0 Å². The van der Waals surface area contributed by atoms with Gasteiger partial charge < -0.3 is 14.2 Å². The Morgan fingerprint density at radius 2 is 1.42 bits per heavy atom. The van der Waals surface area contributed by atoms with Crippen LogP contribution in [-0.4, -0.2) is 35.6 Å². The number of rotatable bonds is 6. The van der Waals surface area contributed by atoms with Crippen molar-refractivity contribution in [2.24, 2.45) is 0 Å². The lowest BCUT2D eigenvalue weighted by Crippen LogP contribution is -2.48. The van der Waals surface area contributed by atoms with Crippen LogP contribution in [0.15, 0.2) is 25.3 Å². The van der Waals surface area contributed by atoms with Crippen molar-refractivity contribution in [2.75, 3.05) is 0 Å². The highest BCUT2D eigenvalue weighted by molar-refractivity contribution is 5.17. The van der Waals surface area contributed by atoms with E-state index < -0.39 is 0 Å². The van der Waals surface area contributed by atoms with E-state index in [4.69, 9.17) is 14.2 Å². The van der Waals surface area contributed by atoms with Crippen LogP contribution in [0, 0.1) is 0 Å². The van der Waals surface area contributed by atoms with Crippen LogP contribution in [0.1, 0.15) is 38.5 Å². The molecule has 4 aliphatic rings. The molecule has 0 aromatic rings. The first kappa shape index (κ1) is 12.1. The van der Waals surface area contributed by atoms with E-state index in [0.717, 1.165) is 38.5 Å². The number of hydrogen-bond acceptors (Lipinski definition) is 3. The molecule has 2 heterocycles. The molecule has 0 aromatic heterocycles. The zero-order valence-corrected chi connectivity index (χ0v) is 11.3. The zero-order chi connectivity index (χ0) is 13.1. The summed E-state index contributed by atoms with van der Waals surface area (Å²) in [7, 11) is 0. The van der Waals surface area contributed by atoms with Crippen molar-refractivity contribution in [2.45, 2.75) is 74.1 Å². The Kier molecular flexibility index (Phi) is 2.51. The van der Waals surface area contributed by atoms with Crippen LogP contribution >= 0.6 is 0 Å². The molecular weight excluding hydrogens is 240 g/mol. The molecule has 0 bridgehead atoms. The predicted molar refractivity (Wildman–Crippen MR) is 72.0 cm³/mol. The molecular formula is C16H22O3. The Morgan fingerprint density at radius 3 is 1.68 bits per heavy atom. The summed E-state index contributed by atoms with van der Waals surface area (Å²) in [4.78, 5) is 0. The normalized spacial score (nSPS) is 53.5. The first-order valence-electron chi connectivity index (χ1n) is 7.46. The fraction of sp³-hybridized carbons (Fsp3) is 0.750. The quantitative estimate of drug-likeness (QED) is 0.545. The fourth-order valence-electron chi connectivity index (χ4n) is 4.34. The van der Waals surface area contributed by atoms with E-state index in [9.17, 15) is 0 Å². The third kappa shape index (κ3) is 1.68. The maximum absolute atomic E-state index is 6.74. The van der Waals surface area contributed by atoms with E-state index in [2.05, 4.69) is 13.2 Å². The summed E-state index contributed by atoms with van der Waals surface area (Å²) in [6.07, 6.45) is 11.6. The molecule has 3 heteroatoms. The van der Waals surface area contributed by atoms with Crippen molar-refractivity contribution in [1.82, 2.24) is 0 Å². The lowest BCUT2D eigenvalue weighted by Gasteiger charge is -2.40. The van der Waals surface area contributed by atoms with Crippen LogP contribution < -0.4 is 0 Å². The van der Waals surface area contributed by atoms with Crippen LogP contribution in [0.25, 0.3) is 0 Å². The number of fused-ring (bicyclic) bond motifs is 2. The molecule has 2 aliphatic carbocycles. The zero-order valence-electron chi connectivity index (χ0n) is 11.3. The molecule has 6 atom stereocenters. The highest BCUT2D eigenvalue weighted by Crippen LogP contribution is 2.57. The summed E-state index contributed by atoms with van der Waals surface area (Å²) in [6, 6.07) is 0. The van der Waals surface area contributed by atoms with Crippen LogP contribution in [0.2, 0.25) is 0 Å². The average molecular weight is 262 g/mol. The van der Waals surface area contributed by atoms with Crippen LogP contribution in [0.3, 0.4) is 0 Å². The van der Waals surface area contributed by atoms with E-state index in [0.29, 0.717) is 12.2 Å². The van der Waals surface area contributed by atoms with Gasteiger partial charge in [0.1, 0.15) is 23.4 Å². The standard InChI is InChI=1S/C16H22O3/c1-3-7-15(9-5-11-13(15)17-11)19-16(8-4-2)10-6-12-14(16)18-12/h3-4,11-14H,1-2,5-10H2. The van der Waals surface area contributed by atoms with Crippen molar-refractivity contribution >= 4 is 0 Å². The Bertz CT molecular complexity index is 382. The molecule has 4 rings (SSSR count). The molecule has 0 radical (unpaired) electrons. The first-order chi connectivity index (χ1) is 9.23. The van der Waals surface area contributed by atoms with Crippen LogP contribution in [0.5, 0.6) is 0 Å². The first-order valence-corrected chi connectivity index (χ1v) is 7.46. The van der Waals surface area contributed by atoms with E-state index in [1.54, 1.807) is 0 Å². The van der Waals surface area contributed by atoms with E-state index in [-0.39, 0.29) is 23.4 Å². The van der Waals surface area contributed by atoms with Crippen molar-refractivity contribution < 1.29 is 14.2 Å². The minimum absolute atomic E-state index is 0.156. The number of epoxide rings is 2. The maximum Gasteiger partial charge on any atom is 0.113 e. The lowest BCUT2D eigenvalue weighted by atomic mass is 9.90. The second-order valence-corrected chi connectivity index (χ2v) is 6.48. The monoisotopic (exact) mass is 262 g/mol. The molecule has 0 N–H and O–H groups in total. The summed E-state index contributed by atoms with van der Waals surface area (Å²) in [5.41, 5.74) is -0.313. The predicted octanol–water partition coefficient (Wildman–Crippen LogP) is 2.76. The van der Waals surface area contributed by atoms with E-state index in [1.807, 2.05) is 12.2 Å². The van der Waals surface area contributed by atoms with Crippen molar-refractivity contribution in [3.05, 3.63) is 25.3 Å². The molecule has 0 spiro atoms. The van der Waals surface area contributed by atoms with Gasteiger partial charge >= 0.3 is 0 Å². The topological polar surface area (TPSA) is 34.3 Å². The molecule has 2 saturated heterocycles. The minimum Gasteiger partial charge on any atom is -0.366 e. The second-order valence-electron chi connectivity index (χ2n) is 6.48. The van der Waals surface area contributed by atoms with Gasteiger partial charge in [-0.15, -0.1) is 13.2 Å². The van der Waals surface area contributed by atoms with Gasteiger partial charge in [-0.1, -0.05) is 12.2 Å². The minimum atomic E-state index is -0.156. The molecule has 0 aromatic carbocycles. The Hall–Kier alpha value is -0.640. The van der Waals surface area contributed by atoms with Crippen LogP contribution in [-0.2, 0) is 14.2 Å². The van der Waals surface area contributed by atoms with E-state index >= 15 is 0 Å². The largest absolute Gasteiger partial charge is 0.366 e. The van der Waals surface area contributed by atoms with Crippen molar-refractivity contribution in [3.8, 4) is 0 Å². The van der Waals surface area contributed by atoms with Gasteiger partial charge in [-0.05, 0) is 38.5 Å². The molecule has 2 aliphatic heterocycles. The second kappa shape index (κ2) is 3.94. The fourth-order valence-corrected chi connectivity index (χ4v) is 4.34. The molecule has 104 valence electrons. The number of hydrogen-bond donors (Lipinski definition) is 0. The van der Waals surface area contributed by atoms with Gasteiger partial charge in [-0.2, -0.15) is 0 Å². The summed E-state index contributed by atoms with van der Waals surface area (Å²) >= 11 is 0. The molecule has 0 amide bonds. The Morgan fingerprint density at radius 1 is 0.947 bits per heavy atom. The highest BCUT2D eigenvalue weighted by Gasteiger charge is 2.67. The van der Waals surface area contributed by atoms with Gasteiger partial charge in [-0.3, -0.25) is 0 Å². The Balaban J connectivity index is 1.60. The van der Waals surface area contributed by atoms with E-state index in [1.165, 1.54) is 0 Å². The Labute approximate surface area is 114 Å². The smallest absolute Gasteiger partial charge is 0.113 e. The lowest BCUT2D eigenvalue weighted by molar-refractivity contribution is -0.176. The highest BCUT2D eigenvalue weighted by atomic mass is 16.7.